The molecule has 94 valence electrons. The van der Waals surface area contributed by atoms with E-state index in [2.05, 4.69) is 23.3 Å². The number of thioether (sulfide) groups is 1. The number of rotatable bonds is 5. The van der Waals surface area contributed by atoms with E-state index in [-0.39, 0.29) is 0 Å². The maximum absolute atomic E-state index is 5.58. The van der Waals surface area contributed by atoms with Crippen molar-refractivity contribution in [3.63, 3.8) is 0 Å². The summed E-state index contributed by atoms with van der Waals surface area (Å²) >= 11 is 2.05. The van der Waals surface area contributed by atoms with Crippen LogP contribution in [0.3, 0.4) is 0 Å². The third-order valence-corrected chi connectivity index (χ3v) is 5.81. The van der Waals surface area contributed by atoms with Gasteiger partial charge in [0.25, 0.3) is 0 Å². The van der Waals surface area contributed by atoms with Crippen molar-refractivity contribution < 1.29 is 4.74 Å². The van der Waals surface area contributed by atoms with Crippen molar-refractivity contribution in [1.82, 2.24) is 5.32 Å². The molecule has 2 rings (SSSR count). The molecule has 3 heteroatoms. The second-order valence-corrected chi connectivity index (χ2v) is 6.56. The first-order valence-corrected chi connectivity index (χ1v) is 7.83. The van der Waals surface area contributed by atoms with Crippen LogP contribution in [0.15, 0.2) is 0 Å². The van der Waals surface area contributed by atoms with Crippen molar-refractivity contribution in [2.45, 2.75) is 61.8 Å². The van der Waals surface area contributed by atoms with E-state index in [1.54, 1.807) is 0 Å². The lowest BCUT2D eigenvalue weighted by Gasteiger charge is -2.43. The summed E-state index contributed by atoms with van der Waals surface area (Å²) in [5.74, 6) is 0. The van der Waals surface area contributed by atoms with Crippen LogP contribution in [0.1, 0.15) is 44.9 Å². The molecule has 2 saturated carbocycles. The molecule has 2 fully saturated rings. The standard InChI is InChI=1S/C13H25NOS/c1-15-12-7-4-3-6-11(12)14-10-13(16-2)8-5-9-13/h11-12,14H,3-10H2,1-2H3. The Bertz CT molecular complexity index is 212. The fraction of sp³-hybridized carbons (Fsp3) is 1.00. The monoisotopic (exact) mass is 243 g/mol. The van der Waals surface area contributed by atoms with Gasteiger partial charge in [0.2, 0.25) is 0 Å². The van der Waals surface area contributed by atoms with Crippen molar-refractivity contribution in [3.05, 3.63) is 0 Å². The van der Waals surface area contributed by atoms with Gasteiger partial charge >= 0.3 is 0 Å². The predicted molar refractivity (Wildman–Crippen MR) is 71.2 cm³/mol. The average molecular weight is 243 g/mol. The van der Waals surface area contributed by atoms with Crippen LogP contribution in [0.2, 0.25) is 0 Å². The van der Waals surface area contributed by atoms with E-state index in [0.717, 1.165) is 0 Å². The Morgan fingerprint density at radius 2 is 2.00 bits per heavy atom. The molecule has 2 atom stereocenters. The Labute approximate surface area is 104 Å². The van der Waals surface area contributed by atoms with E-state index in [4.69, 9.17) is 4.74 Å². The number of nitrogens with one attached hydrogen (secondary N) is 1. The van der Waals surface area contributed by atoms with E-state index in [1.165, 1.54) is 51.5 Å². The average Bonchev–Trinajstić information content (AvgIpc) is 2.29. The molecule has 0 aliphatic heterocycles. The molecular formula is C13H25NOS. The van der Waals surface area contributed by atoms with Gasteiger partial charge in [-0.1, -0.05) is 19.3 Å². The van der Waals surface area contributed by atoms with E-state index in [0.29, 0.717) is 16.9 Å². The first-order valence-electron chi connectivity index (χ1n) is 6.61. The van der Waals surface area contributed by atoms with Crippen molar-refractivity contribution in [3.8, 4) is 0 Å². The zero-order valence-corrected chi connectivity index (χ0v) is 11.4. The molecular weight excluding hydrogens is 218 g/mol. The summed E-state index contributed by atoms with van der Waals surface area (Å²) in [4.78, 5) is 0. The lowest BCUT2D eigenvalue weighted by Crippen LogP contribution is -2.51. The van der Waals surface area contributed by atoms with E-state index < -0.39 is 0 Å². The quantitative estimate of drug-likeness (QED) is 0.802. The van der Waals surface area contributed by atoms with Crippen molar-refractivity contribution >= 4 is 11.8 Å². The summed E-state index contributed by atoms with van der Waals surface area (Å²) in [6.07, 6.45) is 12.2. The molecule has 2 aliphatic carbocycles. The van der Waals surface area contributed by atoms with Gasteiger partial charge in [-0.05, 0) is 31.9 Å². The normalized spacial score (nSPS) is 33.4. The Kier molecular flexibility index (Phi) is 4.57. The van der Waals surface area contributed by atoms with Gasteiger partial charge in [0.15, 0.2) is 0 Å². The molecule has 0 aromatic carbocycles. The molecule has 2 aliphatic rings. The molecule has 0 radical (unpaired) electrons. The van der Waals surface area contributed by atoms with Gasteiger partial charge in [0, 0.05) is 24.4 Å². The highest BCUT2D eigenvalue weighted by atomic mass is 32.2. The summed E-state index contributed by atoms with van der Waals surface area (Å²) in [6, 6.07) is 0.600. The Hall–Kier alpha value is 0.270. The van der Waals surface area contributed by atoms with Crippen LogP contribution in [0.4, 0.5) is 0 Å². The van der Waals surface area contributed by atoms with Crippen LogP contribution in [0, 0.1) is 0 Å². The molecule has 0 bridgehead atoms. The van der Waals surface area contributed by atoms with E-state index >= 15 is 0 Å². The summed E-state index contributed by atoms with van der Waals surface area (Å²) in [5.41, 5.74) is 0. The minimum atomic E-state index is 0.452. The molecule has 2 unspecified atom stereocenters. The summed E-state index contributed by atoms with van der Waals surface area (Å²) in [5, 5.41) is 3.77. The predicted octanol–water partition coefficient (Wildman–Crippen LogP) is 2.82. The SMILES string of the molecule is COC1CCCCC1NCC1(SC)CCC1. The lowest BCUT2D eigenvalue weighted by atomic mass is 9.83. The molecule has 1 N–H and O–H groups in total. The molecule has 0 heterocycles. The minimum Gasteiger partial charge on any atom is -0.380 e. The van der Waals surface area contributed by atoms with Crippen molar-refractivity contribution in [2.75, 3.05) is 19.9 Å². The topological polar surface area (TPSA) is 21.3 Å². The van der Waals surface area contributed by atoms with Gasteiger partial charge in [-0.15, -0.1) is 0 Å². The number of methoxy groups -OCH3 is 1. The lowest BCUT2D eigenvalue weighted by molar-refractivity contribution is 0.0400. The highest BCUT2D eigenvalue weighted by Gasteiger charge is 2.37. The summed E-state index contributed by atoms with van der Waals surface area (Å²) in [6.45, 7) is 1.18. The Morgan fingerprint density at radius 1 is 1.25 bits per heavy atom. The van der Waals surface area contributed by atoms with Gasteiger partial charge in [0.1, 0.15) is 0 Å². The number of hydrogen-bond acceptors (Lipinski definition) is 3. The Balaban J connectivity index is 1.79. The number of hydrogen-bond donors (Lipinski definition) is 1. The van der Waals surface area contributed by atoms with Crippen molar-refractivity contribution in [1.29, 1.82) is 0 Å². The third-order valence-electron chi connectivity index (χ3n) is 4.39. The van der Waals surface area contributed by atoms with E-state index in [9.17, 15) is 0 Å². The fourth-order valence-corrected chi connectivity index (χ4v) is 3.88. The van der Waals surface area contributed by atoms with Crippen LogP contribution in [-0.2, 0) is 4.74 Å². The molecule has 2 nitrogen and oxygen atoms in total. The highest BCUT2D eigenvalue weighted by Crippen LogP contribution is 2.42. The Morgan fingerprint density at radius 3 is 2.56 bits per heavy atom. The first kappa shape index (κ1) is 12.7. The summed E-state index contributed by atoms with van der Waals surface area (Å²) < 4.78 is 6.14. The van der Waals surface area contributed by atoms with Gasteiger partial charge in [-0.3, -0.25) is 0 Å². The fourth-order valence-electron chi connectivity index (χ4n) is 2.95. The molecule has 0 spiro atoms. The van der Waals surface area contributed by atoms with Crippen LogP contribution >= 0.6 is 11.8 Å². The number of ether oxygens (including phenoxy) is 1. The molecule has 0 aromatic rings. The van der Waals surface area contributed by atoms with Crippen LogP contribution in [-0.4, -0.2) is 36.8 Å². The molecule has 0 aromatic heterocycles. The van der Waals surface area contributed by atoms with Crippen LogP contribution < -0.4 is 5.32 Å². The zero-order chi connectivity index (χ0) is 11.4. The second kappa shape index (κ2) is 5.74. The largest absolute Gasteiger partial charge is 0.380 e. The first-order chi connectivity index (χ1) is 7.79. The van der Waals surface area contributed by atoms with E-state index in [1.807, 2.05) is 7.11 Å². The zero-order valence-electron chi connectivity index (χ0n) is 10.6. The molecule has 16 heavy (non-hydrogen) atoms. The maximum atomic E-state index is 5.58. The maximum Gasteiger partial charge on any atom is 0.0724 e. The van der Waals surface area contributed by atoms with Gasteiger partial charge in [0.05, 0.1) is 6.10 Å². The van der Waals surface area contributed by atoms with Gasteiger partial charge in [-0.2, -0.15) is 11.8 Å². The smallest absolute Gasteiger partial charge is 0.0724 e. The van der Waals surface area contributed by atoms with Crippen molar-refractivity contribution in [2.24, 2.45) is 0 Å². The second-order valence-electron chi connectivity index (χ2n) is 5.29. The van der Waals surface area contributed by atoms with Gasteiger partial charge in [-0.25, -0.2) is 0 Å². The van der Waals surface area contributed by atoms with Crippen LogP contribution in [0.5, 0.6) is 0 Å². The van der Waals surface area contributed by atoms with Gasteiger partial charge < -0.3 is 10.1 Å². The molecule has 0 saturated heterocycles. The summed E-state index contributed by atoms with van der Waals surface area (Å²) in [7, 11) is 1.86. The molecule has 0 amide bonds. The highest BCUT2D eigenvalue weighted by molar-refractivity contribution is 8.00. The third kappa shape index (κ3) is 2.74. The minimum absolute atomic E-state index is 0.452. The van der Waals surface area contributed by atoms with Crippen LogP contribution in [0.25, 0.3) is 0 Å².